The SMILES string of the molecule is CS(=O)(=O)O.N=C(N)c1ccc(-c2ccc(OC[C@@H]3C[C@@H](CC(=O)OCc4cccnc4)C(=O)N3)cc2)cc1. The molecule has 0 saturated carbocycles. The van der Waals surface area contributed by atoms with E-state index in [0.29, 0.717) is 30.6 Å². The fourth-order valence-electron chi connectivity index (χ4n) is 3.80. The topological polar surface area (TPSA) is 182 Å². The number of hydrogen-bond donors (Lipinski definition) is 4. The lowest BCUT2D eigenvalue weighted by Crippen LogP contribution is -2.31. The van der Waals surface area contributed by atoms with Crippen molar-refractivity contribution in [1.29, 1.82) is 5.41 Å². The zero-order chi connectivity index (χ0) is 28.4. The number of nitrogens with two attached hydrogens (primary N) is 1. The van der Waals surface area contributed by atoms with Crippen LogP contribution in [0.3, 0.4) is 0 Å². The Balaban J connectivity index is 0.000000771. The summed E-state index contributed by atoms with van der Waals surface area (Å²) in [5.74, 6) is -0.250. The molecular weight excluding hydrogens is 524 g/mol. The summed E-state index contributed by atoms with van der Waals surface area (Å²) in [4.78, 5) is 28.4. The third-order valence-electron chi connectivity index (χ3n) is 5.66. The van der Waals surface area contributed by atoms with E-state index in [0.717, 1.165) is 16.7 Å². The highest BCUT2D eigenvalue weighted by molar-refractivity contribution is 7.85. The molecule has 2 aromatic carbocycles. The number of carbonyl (C=O) groups excluding carboxylic acids is 2. The normalized spacial score (nSPS) is 16.4. The maximum Gasteiger partial charge on any atom is 0.306 e. The van der Waals surface area contributed by atoms with Gasteiger partial charge < -0.3 is 20.5 Å². The number of nitrogen functional groups attached to an aromatic ring is 1. The number of nitrogens with one attached hydrogen (secondary N) is 2. The summed E-state index contributed by atoms with van der Waals surface area (Å²) in [6, 6.07) is 18.6. The highest BCUT2D eigenvalue weighted by Gasteiger charge is 2.34. The Bertz CT molecular complexity index is 1370. The third kappa shape index (κ3) is 10.2. The van der Waals surface area contributed by atoms with Crippen molar-refractivity contribution in [2.45, 2.75) is 25.5 Å². The number of rotatable bonds is 9. The second-order valence-electron chi connectivity index (χ2n) is 8.92. The van der Waals surface area contributed by atoms with Crippen LogP contribution >= 0.6 is 0 Å². The van der Waals surface area contributed by atoms with Gasteiger partial charge in [-0.3, -0.25) is 24.5 Å². The molecule has 1 amide bonds. The van der Waals surface area contributed by atoms with Gasteiger partial charge in [-0.15, -0.1) is 0 Å². The van der Waals surface area contributed by atoms with Crippen LogP contribution in [0.25, 0.3) is 11.1 Å². The van der Waals surface area contributed by atoms with Gasteiger partial charge in [0.25, 0.3) is 10.1 Å². The number of esters is 1. The van der Waals surface area contributed by atoms with Crippen LogP contribution in [0.15, 0.2) is 73.1 Å². The molecule has 1 aliphatic rings. The molecule has 0 bridgehead atoms. The van der Waals surface area contributed by atoms with Crippen LogP contribution in [0, 0.1) is 11.3 Å². The van der Waals surface area contributed by atoms with Crippen molar-refractivity contribution in [3.05, 3.63) is 84.2 Å². The fraction of sp³-hybridized carbons (Fsp3) is 0.259. The minimum Gasteiger partial charge on any atom is -0.491 e. The maximum absolute atomic E-state index is 12.3. The number of aromatic nitrogens is 1. The molecule has 0 aliphatic carbocycles. The molecule has 1 aliphatic heterocycles. The van der Waals surface area contributed by atoms with Crippen LogP contribution in [0.1, 0.15) is 24.0 Å². The first-order valence-electron chi connectivity index (χ1n) is 11.9. The molecule has 0 unspecified atom stereocenters. The van der Waals surface area contributed by atoms with Crippen LogP contribution in [0.5, 0.6) is 5.75 Å². The van der Waals surface area contributed by atoms with E-state index in [-0.39, 0.29) is 30.8 Å². The average molecular weight is 555 g/mol. The van der Waals surface area contributed by atoms with Crippen molar-refractivity contribution in [3.8, 4) is 16.9 Å². The Morgan fingerprint density at radius 2 is 1.74 bits per heavy atom. The van der Waals surface area contributed by atoms with E-state index in [9.17, 15) is 18.0 Å². The van der Waals surface area contributed by atoms with Gasteiger partial charge in [0.1, 0.15) is 24.8 Å². The van der Waals surface area contributed by atoms with Crippen molar-refractivity contribution < 1.29 is 32.0 Å². The molecule has 5 N–H and O–H groups in total. The summed E-state index contributed by atoms with van der Waals surface area (Å²) in [5, 5.41) is 10.4. The van der Waals surface area contributed by atoms with E-state index in [1.54, 1.807) is 18.5 Å². The van der Waals surface area contributed by atoms with E-state index in [2.05, 4.69) is 10.3 Å². The molecular formula is C27H30N4O7S. The predicted octanol–water partition coefficient (Wildman–Crippen LogP) is 2.55. The standard InChI is InChI=1S/C26H26N4O4.CH4O3S/c27-25(28)20-5-3-18(4-6-20)19-7-9-23(10-8-19)33-16-22-12-21(26(32)30-22)13-24(31)34-15-17-2-1-11-29-14-17;1-5(2,3)4/h1-11,14,21-22H,12-13,15-16H2,(H3,27,28)(H,30,32);1H3,(H,2,3,4)/t21-,22-;/m0./s1. The van der Waals surface area contributed by atoms with Crippen LogP contribution < -0.4 is 15.8 Å². The van der Waals surface area contributed by atoms with Gasteiger partial charge in [-0.2, -0.15) is 8.42 Å². The van der Waals surface area contributed by atoms with Crippen LogP contribution in [0.4, 0.5) is 0 Å². The largest absolute Gasteiger partial charge is 0.491 e. The van der Waals surface area contributed by atoms with Gasteiger partial charge in [-0.25, -0.2) is 0 Å². The summed E-state index contributed by atoms with van der Waals surface area (Å²) in [6.45, 7) is 0.462. The minimum atomic E-state index is -3.67. The van der Waals surface area contributed by atoms with Gasteiger partial charge in [0.05, 0.1) is 24.6 Å². The van der Waals surface area contributed by atoms with Gasteiger partial charge in [0.2, 0.25) is 5.91 Å². The van der Waals surface area contributed by atoms with Gasteiger partial charge in [0, 0.05) is 23.5 Å². The summed E-state index contributed by atoms with van der Waals surface area (Å²) in [5.41, 5.74) is 9.01. The number of amides is 1. The number of pyridine rings is 1. The second kappa shape index (κ2) is 13.5. The molecule has 3 aromatic rings. The first kappa shape index (κ1) is 29.3. The monoisotopic (exact) mass is 554 g/mol. The number of ether oxygens (including phenoxy) is 2. The zero-order valence-electron chi connectivity index (χ0n) is 21.2. The third-order valence-corrected chi connectivity index (χ3v) is 5.66. The Kier molecular flexibility index (Phi) is 10.1. The highest BCUT2D eigenvalue weighted by atomic mass is 32.2. The fourth-order valence-corrected chi connectivity index (χ4v) is 3.80. The molecule has 4 rings (SSSR count). The van der Waals surface area contributed by atoms with E-state index in [1.165, 1.54) is 0 Å². The molecule has 39 heavy (non-hydrogen) atoms. The molecule has 0 spiro atoms. The quantitative estimate of drug-likeness (QED) is 0.134. The molecule has 0 radical (unpaired) electrons. The summed E-state index contributed by atoms with van der Waals surface area (Å²) < 4.78 is 37.0. The minimum absolute atomic E-state index is 0.0400. The number of carbonyl (C=O) groups is 2. The van der Waals surface area contributed by atoms with Crippen molar-refractivity contribution >= 4 is 27.8 Å². The number of nitrogens with zero attached hydrogens (tertiary/aromatic N) is 1. The molecule has 206 valence electrons. The Morgan fingerprint density at radius 1 is 1.13 bits per heavy atom. The van der Waals surface area contributed by atoms with Gasteiger partial charge in [-0.05, 0) is 35.7 Å². The Hall–Kier alpha value is -4.29. The van der Waals surface area contributed by atoms with E-state index >= 15 is 0 Å². The zero-order valence-corrected chi connectivity index (χ0v) is 22.1. The lowest BCUT2D eigenvalue weighted by Gasteiger charge is -2.12. The molecule has 1 saturated heterocycles. The molecule has 12 heteroatoms. The van der Waals surface area contributed by atoms with Gasteiger partial charge in [0.15, 0.2) is 0 Å². The number of benzene rings is 2. The van der Waals surface area contributed by atoms with Crippen LogP contribution in [-0.2, 0) is 31.1 Å². The van der Waals surface area contributed by atoms with Gasteiger partial charge in [-0.1, -0.05) is 42.5 Å². The molecule has 1 fully saturated rings. The number of amidine groups is 1. The van der Waals surface area contributed by atoms with Crippen molar-refractivity contribution in [1.82, 2.24) is 10.3 Å². The van der Waals surface area contributed by atoms with E-state index in [1.807, 2.05) is 54.6 Å². The Labute approximate surface area is 226 Å². The lowest BCUT2D eigenvalue weighted by molar-refractivity contribution is -0.147. The molecule has 2 heterocycles. The summed E-state index contributed by atoms with van der Waals surface area (Å²) >= 11 is 0. The number of hydrogen-bond acceptors (Lipinski definition) is 8. The maximum atomic E-state index is 12.3. The first-order chi connectivity index (χ1) is 18.5. The predicted molar refractivity (Wildman–Crippen MR) is 145 cm³/mol. The van der Waals surface area contributed by atoms with Crippen LogP contribution in [0.2, 0.25) is 0 Å². The first-order valence-corrected chi connectivity index (χ1v) is 13.8. The molecule has 11 nitrogen and oxygen atoms in total. The van der Waals surface area contributed by atoms with Crippen LogP contribution in [-0.4, -0.2) is 54.6 Å². The Morgan fingerprint density at radius 3 is 2.31 bits per heavy atom. The lowest BCUT2D eigenvalue weighted by atomic mass is 10.0. The highest BCUT2D eigenvalue weighted by Crippen LogP contribution is 2.24. The van der Waals surface area contributed by atoms with E-state index in [4.69, 9.17) is 25.2 Å². The summed E-state index contributed by atoms with van der Waals surface area (Å²) in [6.07, 6.45) is 4.56. The smallest absolute Gasteiger partial charge is 0.306 e. The van der Waals surface area contributed by atoms with Crippen molar-refractivity contribution in [2.24, 2.45) is 11.7 Å². The average Bonchev–Trinajstić information content (AvgIpc) is 3.25. The molecule has 2 atom stereocenters. The second-order valence-corrected chi connectivity index (χ2v) is 10.4. The molecule has 1 aromatic heterocycles. The van der Waals surface area contributed by atoms with Crippen molar-refractivity contribution in [3.63, 3.8) is 0 Å². The van der Waals surface area contributed by atoms with E-state index < -0.39 is 22.0 Å². The van der Waals surface area contributed by atoms with Crippen molar-refractivity contribution in [2.75, 3.05) is 12.9 Å². The van der Waals surface area contributed by atoms with Gasteiger partial charge >= 0.3 is 5.97 Å². The summed E-state index contributed by atoms with van der Waals surface area (Å²) in [7, 11) is -3.67.